The second-order valence-electron chi connectivity index (χ2n) is 8.73. The number of rotatable bonds is 6. The number of fused-ring (bicyclic) bond motifs is 3. The van der Waals surface area contributed by atoms with Gasteiger partial charge in [0.1, 0.15) is 21.4 Å². The van der Waals surface area contributed by atoms with E-state index in [0.717, 1.165) is 40.0 Å². The molecule has 0 unspecified atom stereocenters. The third-order valence-electron chi connectivity index (χ3n) is 6.05. The van der Waals surface area contributed by atoms with Crippen molar-refractivity contribution in [3.8, 4) is 5.75 Å². The molecule has 1 N–H and O–H groups in total. The molecule has 2 heterocycles. The lowest BCUT2D eigenvalue weighted by molar-refractivity contribution is -0.113. The normalized spacial score (nSPS) is 18.1. The minimum atomic E-state index is -0.0497. The molecule has 1 fully saturated rings. The summed E-state index contributed by atoms with van der Waals surface area (Å²) in [5, 5.41) is 5.18. The Labute approximate surface area is 191 Å². The predicted molar refractivity (Wildman–Crippen MR) is 128 cm³/mol. The zero-order valence-corrected chi connectivity index (χ0v) is 19.8. The summed E-state index contributed by atoms with van der Waals surface area (Å²) in [4.78, 5) is 25.2. The molecule has 2 aliphatic rings. The van der Waals surface area contributed by atoms with Gasteiger partial charge in [0.15, 0.2) is 0 Å². The molecule has 0 radical (unpaired) electrons. The first kappa shape index (κ1) is 20.8. The smallest absolute Gasteiger partial charge is 0.234 e. The van der Waals surface area contributed by atoms with E-state index in [2.05, 4.69) is 12.2 Å². The number of thioether (sulfide) groups is 1. The Morgan fingerprint density at radius 3 is 2.90 bits per heavy atom. The van der Waals surface area contributed by atoms with E-state index in [1.807, 2.05) is 36.5 Å². The SMILES string of the molecule is COc1ccc(C)cc1NC(=O)CSc1nc(C2CC2)nc2sc3c(c12)CC[C@@H](C)C3. The number of aromatic nitrogens is 2. The molecule has 0 aliphatic heterocycles. The third-order valence-corrected chi connectivity index (χ3v) is 8.17. The first-order valence-corrected chi connectivity index (χ1v) is 12.7. The van der Waals surface area contributed by atoms with Gasteiger partial charge in [-0.3, -0.25) is 4.79 Å². The van der Waals surface area contributed by atoms with Gasteiger partial charge < -0.3 is 10.1 Å². The van der Waals surface area contributed by atoms with Gasteiger partial charge in [-0.25, -0.2) is 9.97 Å². The first-order valence-electron chi connectivity index (χ1n) is 10.9. The summed E-state index contributed by atoms with van der Waals surface area (Å²) in [6.45, 7) is 4.33. The van der Waals surface area contributed by atoms with Crippen LogP contribution in [0.2, 0.25) is 0 Å². The van der Waals surface area contributed by atoms with Crippen LogP contribution in [0.3, 0.4) is 0 Å². The maximum absolute atomic E-state index is 12.8. The van der Waals surface area contributed by atoms with E-state index < -0.39 is 0 Å². The van der Waals surface area contributed by atoms with Crippen LogP contribution in [0.4, 0.5) is 5.69 Å². The number of benzene rings is 1. The summed E-state index contributed by atoms with van der Waals surface area (Å²) in [6.07, 6.45) is 5.77. The number of ether oxygens (including phenoxy) is 1. The predicted octanol–water partition coefficient (Wildman–Crippen LogP) is 5.74. The fourth-order valence-electron chi connectivity index (χ4n) is 4.19. The van der Waals surface area contributed by atoms with E-state index in [0.29, 0.717) is 23.1 Å². The van der Waals surface area contributed by atoms with Gasteiger partial charge in [-0.15, -0.1) is 11.3 Å². The number of amides is 1. The zero-order valence-electron chi connectivity index (χ0n) is 18.2. The lowest BCUT2D eigenvalue weighted by atomic mass is 9.89. The highest BCUT2D eigenvalue weighted by Crippen LogP contribution is 2.44. The summed E-state index contributed by atoms with van der Waals surface area (Å²) in [7, 11) is 1.62. The van der Waals surface area contributed by atoms with E-state index in [9.17, 15) is 4.79 Å². The van der Waals surface area contributed by atoms with Crippen molar-refractivity contribution in [2.24, 2.45) is 5.92 Å². The third kappa shape index (κ3) is 4.30. The van der Waals surface area contributed by atoms with Crippen molar-refractivity contribution in [1.29, 1.82) is 0 Å². The van der Waals surface area contributed by atoms with E-state index in [1.54, 1.807) is 7.11 Å². The molecule has 0 bridgehead atoms. The Kier molecular flexibility index (Phi) is 5.65. The number of hydrogen-bond acceptors (Lipinski definition) is 6. The van der Waals surface area contributed by atoms with Crippen LogP contribution in [-0.4, -0.2) is 28.7 Å². The second-order valence-corrected chi connectivity index (χ2v) is 10.8. The van der Waals surface area contributed by atoms with Gasteiger partial charge in [0, 0.05) is 16.2 Å². The van der Waals surface area contributed by atoms with Crippen LogP contribution < -0.4 is 10.1 Å². The molecule has 1 saturated carbocycles. The Hall–Kier alpha value is -2.12. The van der Waals surface area contributed by atoms with E-state index in [4.69, 9.17) is 14.7 Å². The highest BCUT2D eigenvalue weighted by Gasteiger charge is 2.30. The maximum Gasteiger partial charge on any atom is 0.234 e. The Balaban J connectivity index is 1.41. The maximum atomic E-state index is 12.8. The number of anilines is 1. The Bertz CT molecular complexity index is 1150. The summed E-state index contributed by atoms with van der Waals surface area (Å²) in [5.41, 5.74) is 3.21. The van der Waals surface area contributed by atoms with Crippen molar-refractivity contribution < 1.29 is 9.53 Å². The number of carbonyl (C=O) groups excluding carboxylic acids is 1. The lowest BCUT2D eigenvalue weighted by Crippen LogP contribution is -2.15. The Morgan fingerprint density at radius 1 is 1.29 bits per heavy atom. The first-order chi connectivity index (χ1) is 15.0. The topological polar surface area (TPSA) is 64.1 Å². The second kappa shape index (κ2) is 8.43. The van der Waals surface area contributed by atoms with Crippen molar-refractivity contribution in [3.05, 3.63) is 40.0 Å². The Morgan fingerprint density at radius 2 is 2.13 bits per heavy atom. The summed E-state index contributed by atoms with van der Waals surface area (Å²) in [5.74, 6) is 3.11. The minimum absolute atomic E-state index is 0.0497. The molecular weight excluding hydrogens is 426 g/mol. The fraction of sp³-hybridized carbons (Fsp3) is 0.458. The molecular formula is C24H27N3O2S2. The molecule has 1 atom stereocenters. The van der Waals surface area contributed by atoms with Crippen LogP contribution in [0, 0.1) is 12.8 Å². The van der Waals surface area contributed by atoms with Gasteiger partial charge >= 0.3 is 0 Å². The van der Waals surface area contributed by atoms with E-state index in [-0.39, 0.29) is 5.91 Å². The average molecular weight is 454 g/mol. The number of nitrogens with zero attached hydrogens (tertiary/aromatic N) is 2. The van der Waals surface area contributed by atoms with Gasteiger partial charge in [0.25, 0.3) is 0 Å². The van der Waals surface area contributed by atoms with Crippen molar-refractivity contribution >= 4 is 44.9 Å². The number of nitrogens with one attached hydrogen (secondary N) is 1. The molecule has 2 aromatic heterocycles. The molecule has 5 nitrogen and oxygen atoms in total. The number of methoxy groups -OCH3 is 1. The number of carbonyl (C=O) groups is 1. The van der Waals surface area contributed by atoms with Crippen LogP contribution in [-0.2, 0) is 17.6 Å². The standard InChI is InChI=1S/C24H27N3O2S2/c1-13-5-9-18(29-3)17(10-13)25-20(28)12-30-23-21-16-8-4-14(2)11-19(16)31-24(21)27-22(26-23)15-6-7-15/h5,9-10,14-15H,4,6-8,11-12H2,1-3H3,(H,25,28)/t14-/m1/s1. The van der Waals surface area contributed by atoms with Crippen LogP contribution in [0.15, 0.2) is 23.2 Å². The largest absolute Gasteiger partial charge is 0.495 e. The molecule has 31 heavy (non-hydrogen) atoms. The molecule has 7 heteroatoms. The van der Waals surface area contributed by atoms with E-state index in [1.165, 1.54) is 46.9 Å². The van der Waals surface area contributed by atoms with Gasteiger partial charge in [-0.1, -0.05) is 24.8 Å². The van der Waals surface area contributed by atoms with Gasteiger partial charge in [0.2, 0.25) is 5.91 Å². The van der Waals surface area contributed by atoms with Crippen LogP contribution in [0.1, 0.15) is 53.9 Å². The van der Waals surface area contributed by atoms with Crippen LogP contribution in [0.25, 0.3) is 10.2 Å². The molecule has 1 amide bonds. The monoisotopic (exact) mass is 453 g/mol. The lowest BCUT2D eigenvalue weighted by Gasteiger charge is -2.18. The van der Waals surface area contributed by atoms with Crippen molar-refractivity contribution in [3.63, 3.8) is 0 Å². The minimum Gasteiger partial charge on any atom is -0.495 e. The fourth-order valence-corrected chi connectivity index (χ4v) is 6.51. The summed E-state index contributed by atoms with van der Waals surface area (Å²) < 4.78 is 5.39. The highest BCUT2D eigenvalue weighted by molar-refractivity contribution is 8.00. The number of hydrogen-bond donors (Lipinski definition) is 1. The van der Waals surface area contributed by atoms with Crippen molar-refractivity contribution in [2.75, 3.05) is 18.2 Å². The quantitative estimate of drug-likeness (QED) is 0.381. The molecule has 0 saturated heterocycles. The zero-order chi connectivity index (χ0) is 21.5. The molecule has 2 aliphatic carbocycles. The molecule has 3 aromatic rings. The van der Waals surface area contributed by atoms with Gasteiger partial charge in [-0.2, -0.15) is 0 Å². The molecule has 5 rings (SSSR count). The van der Waals surface area contributed by atoms with Crippen LogP contribution >= 0.6 is 23.1 Å². The summed E-state index contributed by atoms with van der Waals surface area (Å²) >= 11 is 3.37. The van der Waals surface area contributed by atoms with Gasteiger partial charge in [0.05, 0.1) is 18.6 Å². The van der Waals surface area contributed by atoms with Gasteiger partial charge in [-0.05, 0) is 68.2 Å². The van der Waals surface area contributed by atoms with Crippen LogP contribution in [0.5, 0.6) is 5.75 Å². The number of thiophene rings is 1. The van der Waals surface area contributed by atoms with E-state index >= 15 is 0 Å². The van der Waals surface area contributed by atoms with Crippen molar-refractivity contribution in [1.82, 2.24) is 9.97 Å². The molecule has 1 aromatic carbocycles. The van der Waals surface area contributed by atoms with Crippen molar-refractivity contribution in [2.45, 2.75) is 56.9 Å². The molecule has 162 valence electrons. The average Bonchev–Trinajstić information content (AvgIpc) is 3.53. The highest BCUT2D eigenvalue weighted by atomic mass is 32.2. The molecule has 0 spiro atoms. The summed E-state index contributed by atoms with van der Waals surface area (Å²) in [6, 6.07) is 5.79. The number of aryl methyl sites for hydroxylation is 2.